The third kappa shape index (κ3) is 1.63. The summed E-state index contributed by atoms with van der Waals surface area (Å²) < 4.78 is 10.3. The summed E-state index contributed by atoms with van der Waals surface area (Å²) >= 11 is 0. The van der Waals surface area contributed by atoms with E-state index in [1.54, 1.807) is 19.9 Å². The van der Waals surface area contributed by atoms with Crippen molar-refractivity contribution < 1.29 is 18.7 Å². The molecule has 2 aromatic heterocycles. The summed E-state index contributed by atoms with van der Waals surface area (Å²) in [7, 11) is 0. The van der Waals surface area contributed by atoms with Crippen molar-refractivity contribution >= 4 is 5.97 Å². The Balaban J connectivity index is 2.45. The number of nitrogens with zero attached hydrogens (tertiary/aromatic N) is 1. The lowest BCUT2D eigenvalue weighted by atomic mass is 10.2. The maximum Gasteiger partial charge on any atom is 0.357 e. The van der Waals surface area contributed by atoms with Crippen LogP contribution < -0.4 is 0 Å². The number of rotatable bonds is 2. The fourth-order valence-corrected chi connectivity index (χ4v) is 1.34. The maximum absolute atomic E-state index is 10.6. The molecule has 0 saturated heterocycles. The summed E-state index contributed by atoms with van der Waals surface area (Å²) in [5, 5.41) is 8.67. The average molecular weight is 207 g/mol. The first-order valence-electron chi connectivity index (χ1n) is 4.34. The third-order valence-corrected chi connectivity index (χ3v) is 1.99. The van der Waals surface area contributed by atoms with Gasteiger partial charge in [0.05, 0.1) is 5.56 Å². The molecular formula is C10H9NO4. The Morgan fingerprint density at radius 1 is 1.47 bits per heavy atom. The molecule has 0 spiro atoms. The number of aromatic nitrogens is 1. The summed E-state index contributed by atoms with van der Waals surface area (Å²) in [6.45, 7) is 3.57. The smallest absolute Gasteiger partial charge is 0.357 e. The highest BCUT2D eigenvalue weighted by molar-refractivity contribution is 5.85. The quantitative estimate of drug-likeness (QED) is 0.817. The molecule has 0 atom stereocenters. The van der Waals surface area contributed by atoms with Crippen molar-refractivity contribution in [1.29, 1.82) is 0 Å². The van der Waals surface area contributed by atoms with Gasteiger partial charge >= 0.3 is 5.97 Å². The number of hydrogen-bond acceptors (Lipinski definition) is 4. The molecule has 78 valence electrons. The van der Waals surface area contributed by atoms with E-state index in [-0.39, 0.29) is 11.6 Å². The lowest BCUT2D eigenvalue weighted by Gasteiger charge is -1.88. The maximum atomic E-state index is 10.6. The van der Waals surface area contributed by atoms with Gasteiger partial charge in [-0.25, -0.2) is 9.78 Å². The van der Waals surface area contributed by atoms with Gasteiger partial charge in [0.1, 0.15) is 17.8 Å². The van der Waals surface area contributed by atoms with E-state index in [4.69, 9.17) is 13.9 Å². The minimum absolute atomic E-state index is 0.108. The molecule has 15 heavy (non-hydrogen) atoms. The van der Waals surface area contributed by atoms with Crippen molar-refractivity contribution in [2.75, 3.05) is 0 Å². The molecule has 0 fully saturated rings. The van der Waals surface area contributed by atoms with Gasteiger partial charge in [-0.1, -0.05) is 0 Å². The molecule has 0 bridgehead atoms. The number of aromatic carboxylic acids is 1. The Kier molecular flexibility index (Phi) is 2.07. The number of furan rings is 1. The predicted octanol–water partition coefficient (Wildman–Crippen LogP) is 2.25. The van der Waals surface area contributed by atoms with Gasteiger partial charge in [0.15, 0.2) is 5.69 Å². The van der Waals surface area contributed by atoms with Crippen molar-refractivity contribution in [3.05, 3.63) is 29.5 Å². The zero-order chi connectivity index (χ0) is 11.0. The second-order valence-electron chi connectivity index (χ2n) is 3.17. The molecule has 0 amide bonds. The normalized spacial score (nSPS) is 10.5. The van der Waals surface area contributed by atoms with Crippen LogP contribution in [-0.4, -0.2) is 16.1 Å². The predicted molar refractivity (Wildman–Crippen MR) is 50.6 cm³/mol. The van der Waals surface area contributed by atoms with Crippen LogP contribution >= 0.6 is 0 Å². The third-order valence-electron chi connectivity index (χ3n) is 1.99. The van der Waals surface area contributed by atoms with Gasteiger partial charge in [0.25, 0.3) is 0 Å². The first-order chi connectivity index (χ1) is 7.08. The number of carboxylic acid groups (broad SMARTS) is 1. The van der Waals surface area contributed by atoms with E-state index in [9.17, 15) is 4.79 Å². The SMILES string of the molecule is Cc1cc(-c2nc(C(=O)O)co2)c(C)o1. The Bertz CT molecular complexity index is 509. The number of aryl methyl sites for hydroxylation is 2. The molecular weight excluding hydrogens is 198 g/mol. The van der Waals surface area contributed by atoms with Crippen molar-refractivity contribution in [1.82, 2.24) is 4.98 Å². The zero-order valence-electron chi connectivity index (χ0n) is 8.27. The summed E-state index contributed by atoms with van der Waals surface area (Å²) in [6, 6.07) is 1.76. The summed E-state index contributed by atoms with van der Waals surface area (Å²) in [4.78, 5) is 14.4. The highest BCUT2D eigenvalue weighted by atomic mass is 16.4. The molecule has 0 unspecified atom stereocenters. The lowest BCUT2D eigenvalue weighted by molar-refractivity contribution is 0.0690. The number of carboxylic acids is 1. The van der Waals surface area contributed by atoms with E-state index in [2.05, 4.69) is 4.98 Å². The largest absolute Gasteiger partial charge is 0.476 e. The van der Waals surface area contributed by atoms with Gasteiger partial charge in [-0.3, -0.25) is 0 Å². The molecule has 0 aliphatic rings. The topological polar surface area (TPSA) is 76.5 Å². The van der Waals surface area contributed by atoms with E-state index in [0.29, 0.717) is 11.3 Å². The summed E-state index contributed by atoms with van der Waals surface area (Å²) in [6.07, 6.45) is 1.11. The Hall–Kier alpha value is -2.04. The van der Waals surface area contributed by atoms with Crippen LogP contribution in [0, 0.1) is 13.8 Å². The molecule has 2 aromatic rings. The molecule has 0 radical (unpaired) electrons. The van der Waals surface area contributed by atoms with Crippen LogP contribution in [0.5, 0.6) is 0 Å². The van der Waals surface area contributed by atoms with Crippen LogP contribution in [-0.2, 0) is 0 Å². The van der Waals surface area contributed by atoms with E-state index in [0.717, 1.165) is 12.0 Å². The van der Waals surface area contributed by atoms with Gasteiger partial charge in [-0.15, -0.1) is 0 Å². The fourth-order valence-electron chi connectivity index (χ4n) is 1.34. The highest BCUT2D eigenvalue weighted by Crippen LogP contribution is 2.25. The standard InChI is InChI=1S/C10H9NO4/c1-5-3-7(6(2)15-5)9-11-8(4-14-9)10(12)13/h3-4H,1-2H3,(H,12,13). The Morgan fingerprint density at radius 3 is 2.67 bits per heavy atom. The monoisotopic (exact) mass is 207 g/mol. The van der Waals surface area contributed by atoms with Crippen molar-refractivity contribution in [2.24, 2.45) is 0 Å². The van der Waals surface area contributed by atoms with E-state index in [1.165, 1.54) is 0 Å². The second-order valence-corrected chi connectivity index (χ2v) is 3.17. The van der Waals surface area contributed by atoms with Crippen LogP contribution in [0.15, 0.2) is 21.2 Å². The molecule has 0 aromatic carbocycles. The Labute approximate surface area is 85.3 Å². The molecule has 5 heteroatoms. The van der Waals surface area contributed by atoms with E-state index < -0.39 is 5.97 Å². The second kappa shape index (κ2) is 3.27. The number of carbonyl (C=O) groups is 1. The summed E-state index contributed by atoms with van der Waals surface area (Å²) in [5.41, 5.74) is 0.572. The average Bonchev–Trinajstić information content (AvgIpc) is 2.71. The van der Waals surface area contributed by atoms with E-state index in [1.807, 2.05) is 0 Å². The lowest BCUT2D eigenvalue weighted by Crippen LogP contribution is -1.95. The Morgan fingerprint density at radius 2 is 2.20 bits per heavy atom. The van der Waals surface area contributed by atoms with Crippen LogP contribution in [0.4, 0.5) is 0 Å². The summed E-state index contributed by atoms with van der Waals surface area (Å²) in [5.74, 6) is 0.550. The molecule has 2 rings (SSSR count). The van der Waals surface area contributed by atoms with Crippen molar-refractivity contribution in [3.8, 4) is 11.5 Å². The fraction of sp³-hybridized carbons (Fsp3) is 0.200. The first-order valence-corrected chi connectivity index (χ1v) is 4.34. The zero-order valence-corrected chi connectivity index (χ0v) is 8.27. The highest BCUT2D eigenvalue weighted by Gasteiger charge is 2.15. The molecule has 5 nitrogen and oxygen atoms in total. The molecule has 1 N–H and O–H groups in total. The minimum Gasteiger partial charge on any atom is -0.476 e. The number of hydrogen-bond donors (Lipinski definition) is 1. The van der Waals surface area contributed by atoms with Crippen LogP contribution in [0.3, 0.4) is 0 Å². The molecule has 0 saturated carbocycles. The molecule has 0 aliphatic heterocycles. The van der Waals surface area contributed by atoms with Gasteiger partial charge < -0.3 is 13.9 Å². The minimum atomic E-state index is -1.11. The molecule has 0 aliphatic carbocycles. The van der Waals surface area contributed by atoms with E-state index >= 15 is 0 Å². The van der Waals surface area contributed by atoms with Gasteiger partial charge in [0.2, 0.25) is 5.89 Å². The van der Waals surface area contributed by atoms with Gasteiger partial charge in [-0.05, 0) is 19.9 Å². The van der Waals surface area contributed by atoms with Crippen LogP contribution in [0.1, 0.15) is 22.0 Å². The number of oxazole rings is 1. The van der Waals surface area contributed by atoms with Gasteiger partial charge in [-0.2, -0.15) is 0 Å². The van der Waals surface area contributed by atoms with Crippen LogP contribution in [0.25, 0.3) is 11.5 Å². The van der Waals surface area contributed by atoms with Crippen molar-refractivity contribution in [2.45, 2.75) is 13.8 Å². The molecule has 2 heterocycles. The first kappa shape index (κ1) is 9.51. The van der Waals surface area contributed by atoms with Crippen molar-refractivity contribution in [3.63, 3.8) is 0 Å². The van der Waals surface area contributed by atoms with Crippen LogP contribution in [0.2, 0.25) is 0 Å². The van der Waals surface area contributed by atoms with Gasteiger partial charge in [0, 0.05) is 0 Å².